The van der Waals surface area contributed by atoms with Crippen molar-refractivity contribution in [3.8, 4) is 0 Å². The average Bonchev–Trinajstić information content (AvgIpc) is 3.09. The van der Waals surface area contributed by atoms with Crippen LogP contribution in [0.3, 0.4) is 0 Å². The van der Waals surface area contributed by atoms with Crippen LogP contribution in [0.15, 0.2) is 79.4 Å². The summed E-state index contributed by atoms with van der Waals surface area (Å²) in [5.41, 5.74) is 4.86. The van der Waals surface area contributed by atoms with Crippen molar-refractivity contribution in [1.82, 2.24) is 0 Å². The number of halogens is 3. The molecule has 0 aliphatic carbocycles. The van der Waals surface area contributed by atoms with E-state index in [0.717, 1.165) is 28.2 Å². The van der Waals surface area contributed by atoms with Crippen molar-refractivity contribution in [3.05, 3.63) is 96.1 Å². The van der Waals surface area contributed by atoms with Gasteiger partial charge in [-0.25, -0.2) is 0 Å². The van der Waals surface area contributed by atoms with E-state index < -0.39 is 11.7 Å². The molecule has 3 unspecified atom stereocenters. The third kappa shape index (κ3) is 2.87. The maximum atomic E-state index is 13.6. The second-order valence-electron chi connectivity index (χ2n) is 8.32. The van der Waals surface area contributed by atoms with Crippen molar-refractivity contribution >= 4 is 22.7 Å². The van der Waals surface area contributed by atoms with Gasteiger partial charge in [0.2, 0.25) is 0 Å². The highest BCUT2D eigenvalue weighted by Crippen LogP contribution is 2.57. The van der Waals surface area contributed by atoms with Crippen LogP contribution in [-0.4, -0.2) is 6.17 Å². The van der Waals surface area contributed by atoms with E-state index in [2.05, 4.69) is 29.4 Å². The molecule has 2 aliphatic heterocycles. The Morgan fingerprint density at radius 1 is 0.839 bits per heavy atom. The predicted octanol–water partition coefficient (Wildman–Crippen LogP) is 7.55. The summed E-state index contributed by atoms with van der Waals surface area (Å²) in [6.07, 6.45) is -2.59. The highest BCUT2D eigenvalue weighted by molar-refractivity contribution is 5.91. The lowest BCUT2D eigenvalue weighted by Gasteiger charge is -2.45. The van der Waals surface area contributed by atoms with Gasteiger partial charge in [0.05, 0.1) is 16.9 Å². The van der Waals surface area contributed by atoms with Crippen molar-refractivity contribution in [3.63, 3.8) is 0 Å². The minimum Gasteiger partial charge on any atom is -0.318 e. The second kappa shape index (κ2) is 6.91. The first-order chi connectivity index (χ1) is 14.8. The molecule has 0 saturated heterocycles. The van der Waals surface area contributed by atoms with Crippen molar-refractivity contribution in [2.45, 2.75) is 32.1 Å². The predicted molar refractivity (Wildman–Crippen MR) is 119 cm³/mol. The number of hydrogen-bond acceptors (Lipinski definition) is 2. The molecule has 31 heavy (non-hydrogen) atoms. The fourth-order valence-electron chi connectivity index (χ4n) is 5.14. The molecule has 3 aromatic rings. The summed E-state index contributed by atoms with van der Waals surface area (Å²) >= 11 is 0. The standard InChI is InChI=1S/C26H23F3N2/c1-4-19-17(3)25-30(21-11-7-5-9-16(21)2)23-14-13-18(26(27,28)29)15-24(23)31(25)22-12-8-6-10-20(19)22/h4-15,17,19,25H,1H2,2-3H3. The lowest BCUT2D eigenvalue weighted by atomic mass is 9.80. The maximum Gasteiger partial charge on any atom is 0.416 e. The van der Waals surface area contributed by atoms with Gasteiger partial charge in [0.25, 0.3) is 0 Å². The van der Waals surface area contributed by atoms with Crippen molar-refractivity contribution < 1.29 is 13.2 Å². The fourth-order valence-corrected chi connectivity index (χ4v) is 5.14. The zero-order valence-corrected chi connectivity index (χ0v) is 17.4. The van der Waals surface area contributed by atoms with Gasteiger partial charge in [0.15, 0.2) is 0 Å². The topological polar surface area (TPSA) is 6.48 Å². The van der Waals surface area contributed by atoms with Gasteiger partial charge in [-0.2, -0.15) is 13.2 Å². The monoisotopic (exact) mass is 420 g/mol. The van der Waals surface area contributed by atoms with Crippen LogP contribution in [0, 0.1) is 12.8 Å². The number of anilines is 4. The number of para-hydroxylation sites is 2. The van der Waals surface area contributed by atoms with Gasteiger partial charge in [0, 0.05) is 23.2 Å². The Bertz CT molecular complexity index is 1170. The first-order valence-corrected chi connectivity index (χ1v) is 10.4. The summed E-state index contributed by atoms with van der Waals surface area (Å²) in [5, 5.41) is 0. The zero-order chi connectivity index (χ0) is 21.9. The Morgan fingerprint density at radius 3 is 2.16 bits per heavy atom. The summed E-state index contributed by atoms with van der Waals surface area (Å²) in [7, 11) is 0. The molecule has 0 aromatic heterocycles. The molecule has 158 valence electrons. The van der Waals surface area contributed by atoms with E-state index in [-0.39, 0.29) is 18.0 Å². The zero-order valence-electron chi connectivity index (χ0n) is 17.4. The number of nitrogens with zero attached hydrogens (tertiary/aromatic N) is 2. The molecular weight excluding hydrogens is 397 g/mol. The SMILES string of the molecule is C=CC1c2ccccc2N2c3cc(C(F)(F)F)ccc3N(c3ccccc3C)C2C1C. The number of alkyl halides is 3. The van der Waals surface area contributed by atoms with Crippen molar-refractivity contribution in [2.75, 3.05) is 9.80 Å². The quantitative estimate of drug-likeness (QED) is 0.395. The summed E-state index contributed by atoms with van der Waals surface area (Å²) < 4.78 is 40.8. The molecule has 0 radical (unpaired) electrons. The number of rotatable bonds is 2. The van der Waals surface area contributed by atoms with Crippen LogP contribution >= 0.6 is 0 Å². The number of aryl methyl sites for hydroxylation is 1. The van der Waals surface area contributed by atoms with Crippen LogP contribution in [0.4, 0.5) is 35.9 Å². The molecular formula is C26H23F3N2. The highest BCUT2D eigenvalue weighted by atomic mass is 19.4. The molecule has 3 aromatic carbocycles. The van der Waals surface area contributed by atoms with Crippen LogP contribution in [0.1, 0.15) is 29.5 Å². The van der Waals surface area contributed by atoms with E-state index in [1.54, 1.807) is 6.07 Å². The van der Waals surface area contributed by atoms with E-state index in [0.29, 0.717) is 5.69 Å². The Morgan fingerprint density at radius 2 is 1.48 bits per heavy atom. The fraction of sp³-hybridized carbons (Fsp3) is 0.231. The minimum atomic E-state index is -4.40. The summed E-state index contributed by atoms with van der Waals surface area (Å²) in [6, 6.07) is 20.1. The normalized spacial score (nSPS) is 22.0. The first-order valence-electron chi connectivity index (χ1n) is 10.4. The van der Waals surface area contributed by atoms with Crippen LogP contribution in [-0.2, 0) is 6.18 Å². The average molecular weight is 420 g/mol. The summed E-state index contributed by atoms with van der Waals surface area (Å²) in [4.78, 5) is 4.28. The van der Waals surface area contributed by atoms with Gasteiger partial charge in [0.1, 0.15) is 6.17 Å². The van der Waals surface area contributed by atoms with Crippen molar-refractivity contribution in [1.29, 1.82) is 0 Å². The van der Waals surface area contributed by atoms with Gasteiger partial charge in [-0.15, -0.1) is 6.58 Å². The second-order valence-corrected chi connectivity index (χ2v) is 8.32. The molecule has 0 N–H and O–H groups in total. The smallest absolute Gasteiger partial charge is 0.318 e. The number of hydrogen-bond donors (Lipinski definition) is 0. The Balaban J connectivity index is 1.81. The maximum absolute atomic E-state index is 13.6. The van der Waals surface area contributed by atoms with E-state index in [9.17, 15) is 13.2 Å². The molecule has 3 atom stereocenters. The van der Waals surface area contributed by atoms with Crippen LogP contribution in [0.25, 0.3) is 0 Å². The minimum absolute atomic E-state index is 0.0976. The molecule has 0 amide bonds. The molecule has 0 saturated carbocycles. The molecule has 5 rings (SSSR count). The van der Waals surface area contributed by atoms with E-state index in [1.807, 2.05) is 55.5 Å². The molecule has 5 heteroatoms. The van der Waals surface area contributed by atoms with Gasteiger partial charge in [-0.3, -0.25) is 0 Å². The van der Waals surface area contributed by atoms with Crippen LogP contribution in [0.5, 0.6) is 0 Å². The molecule has 0 spiro atoms. The Kier molecular flexibility index (Phi) is 4.40. The molecule has 2 aliphatic rings. The third-order valence-electron chi connectivity index (χ3n) is 6.57. The van der Waals surface area contributed by atoms with Crippen molar-refractivity contribution in [2.24, 2.45) is 5.92 Å². The van der Waals surface area contributed by atoms with E-state index in [4.69, 9.17) is 0 Å². The lowest BCUT2D eigenvalue weighted by Crippen LogP contribution is -2.48. The van der Waals surface area contributed by atoms with Gasteiger partial charge in [-0.1, -0.05) is 49.4 Å². The summed E-state index contributed by atoms with van der Waals surface area (Å²) in [6.45, 7) is 8.26. The highest BCUT2D eigenvalue weighted by Gasteiger charge is 2.48. The third-order valence-corrected chi connectivity index (χ3v) is 6.57. The Hall–Kier alpha value is -3.21. The van der Waals surface area contributed by atoms with E-state index >= 15 is 0 Å². The molecule has 2 heterocycles. The van der Waals surface area contributed by atoms with Crippen LogP contribution < -0.4 is 9.80 Å². The van der Waals surface area contributed by atoms with Gasteiger partial charge >= 0.3 is 6.18 Å². The molecule has 2 nitrogen and oxygen atoms in total. The lowest BCUT2D eigenvalue weighted by molar-refractivity contribution is -0.137. The van der Waals surface area contributed by atoms with Gasteiger partial charge < -0.3 is 9.80 Å². The van der Waals surface area contributed by atoms with Gasteiger partial charge in [-0.05, 0) is 48.4 Å². The number of allylic oxidation sites excluding steroid dienone is 1. The number of benzene rings is 3. The molecule has 0 fully saturated rings. The number of fused-ring (bicyclic) bond motifs is 5. The molecule has 0 bridgehead atoms. The summed E-state index contributed by atoms with van der Waals surface area (Å²) in [5.74, 6) is 0.203. The van der Waals surface area contributed by atoms with E-state index in [1.165, 1.54) is 12.1 Å². The Labute approximate surface area is 180 Å². The van der Waals surface area contributed by atoms with Crippen LogP contribution in [0.2, 0.25) is 0 Å². The first kappa shape index (κ1) is 19.7. The largest absolute Gasteiger partial charge is 0.416 e.